The number of hydrogen-bond donors (Lipinski definition) is 1. The molecule has 0 saturated carbocycles. The summed E-state index contributed by atoms with van der Waals surface area (Å²) in [7, 11) is 3.48. The first-order valence-corrected chi connectivity index (χ1v) is 6.59. The van der Waals surface area contributed by atoms with Gasteiger partial charge in [-0.25, -0.2) is 4.98 Å². The van der Waals surface area contributed by atoms with Crippen molar-refractivity contribution in [3.8, 4) is 5.75 Å². The van der Waals surface area contributed by atoms with Crippen LogP contribution in [0.5, 0.6) is 5.75 Å². The van der Waals surface area contributed by atoms with Gasteiger partial charge in [-0.05, 0) is 26.0 Å². The third-order valence-corrected chi connectivity index (χ3v) is 4.14. The minimum Gasteiger partial charge on any atom is -0.497 e. The van der Waals surface area contributed by atoms with Crippen LogP contribution in [0.1, 0.15) is 13.8 Å². The Balaban J connectivity index is 2.45. The molecule has 19 heavy (non-hydrogen) atoms. The fourth-order valence-electron chi connectivity index (χ4n) is 1.65. The zero-order valence-electron chi connectivity index (χ0n) is 11.3. The highest BCUT2D eigenvalue weighted by atomic mass is 32.2. The van der Waals surface area contributed by atoms with Crippen LogP contribution in [-0.4, -0.2) is 32.5 Å². The largest absolute Gasteiger partial charge is 0.497 e. The molecule has 1 heterocycles. The monoisotopic (exact) mass is 280 g/mol. The molecular formula is C13H16N2O3S. The summed E-state index contributed by atoms with van der Waals surface area (Å²) in [6.45, 7) is 3.33. The number of imidazole rings is 1. The number of carboxylic acids is 1. The van der Waals surface area contributed by atoms with Crippen LogP contribution in [0.25, 0.3) is 11.0 Å². The van der Waals surface area contributed by atoms with Crippen molar-refractivity contribution in [2.24, 2.45) is 7.05 Å². The van der Waals surface area contributed by atoms with Gasteiger partial charge in [-0.1, -0.05) is 11.8 Å². The molecule has 1 aromatic carbocycles. The van der Waals surface area contributed by atoms with Gasteiger partial charge in [0.25, 0.3) is 0 Å². The SMILES string of the molecule is COc1ccc2c(c1)nc(SC(C)(C)C(=O)O)n2C. The van der Waals surface area contributed by atoms with Gasteiger partial charge in [0.05, 0.1) is 18.1 Å². The van der Waals surface area contributed by atoms with Crippen molar-refractivity contribution < 1.29 is 14.6 Å². The summed E-state index contributed by atoms with van der Waals surface area (Å²) >= 11 is 1.23. The minimum absolute atomic E-state index is 0.677. The van der Waals surface area contributed by atoms with Gasteiger partial charge >= 0.3 is 5.97 Å². The molecule has 0 saturated heterocycles. The Morgan fingerprint density at radius 1 is 1.47 bits per heavy atom. The molecule has 102 valence electrons. The van der Waals surface area contributed by atoms with E-state index in [4.69, 9.17) is 4.74 Å². The van der Waals surface area contributed by atoms with Crippen LogP contribution in [-0.2, 0) is 11.8 Å². The molecule has 0 atom stereocenters. The number of aliphatic carboxylic acids is 1. The van der Waals surface area contributed by atoms with E-state index in [1.54, 1.807) is 21.0 Å². The number of methoxy groups -OCH3 is 1. The molecule has 5 nitrogen and oxygen atoms in total. The molecule has 2 aromatic rings. The van der Waals surface area contributed by atoms with E-state index in [0.29, 0.717) is 5.16 Å². The maximum atomic E-state index is 11.2. The molecule has 0 aliphatic rings. The third-order valence-electron chi connectivity index (χ3n) is 2.91. The molecule has 2 rings (SSSR count). The van der Waals surface area contributed by atoms with Gasteiger partial charge in [0.2, 0.25) is 0 Å². The Hall–Kier alpha value is -1.69. The standard InChI is InChI=1S/C13H16N2O3S/c1-13(2,11(16)17)19-12-14-9-7-8(18-4)5-6-10(9)15(12)3/h5-7H,1-4H3,(H,16,17). The van der Waals surface area contributed by atoms with Crippen molar-refractivity contribution in [1.82, 2.24) is 9.55 Å². The number of thioether (sulfide) groups is 1. The number of nitrogens with zero attached hydrogens (tertiary/aromatic N) is 2. The molecule has 0 bridgehead atoms. The number of aryl methyl sites for hydroxylation is 1. The number of benzene rings is 1. The summed E-state index contributed by atoms with van der Waals surface area (Å²) in [5.41, 5.74) is 1.75. The van der Waals surface area contributed by atoms with Crippen LogP contribution < -0.4 is 4.74 Å². The molecule has 0 spiro atoms. The summed E-state index contributed by atoms with van der Waals surface area (Å²) in [4.78, 5) is 15.6. The fraction of sp³-hybridized carbons (Fsp3) is 0.385. The van der Waals surface area contributed by atoms with E-state index >= 15 is 0 Å². The molecule has 0 fully saturated rings. The molecule has 1 aromatic heterocycles. The zero-order valence-corrected chi connectivity index (χ0v) is 12.1. The van der Waals surface area contributed by atoms with Crippen LogP contribution in [0.2, 0.25) is 0 Å². The Bertz CT molecular complexity index is 634. The molecule has 0 amide bonds. The first kappa shape index (κ1) is 13.7. The molecule has 0 aliphatic carbocycles. The van der Waals surface area contributed by atoms with E-state index in [1.807, 2.05) is 29.8 Å². The third kappa shape index (κ3) is 2.53. The maximum Gasteiger partial charge on any atom is 0.319 e. The Morgan fingerprint density at radius 2 is 2.16 bits per heavy atom. The van der Waals surface area contributed by atoms with Crippen molar-refractivity contribution in [3.05, 3.63) is 18.2 Å². The van der Waals surface area contributed by atoms with Crippen molar-refractivity contribution in [2.75, 3.05) is 7.11 Å². The zero-order chi connectivity index (χ0) is 14.2. The maximum absolute atomic E-state index is 11.2. The summed E-state index contributed by atoms with van der Waals surface area (Å²) in [5.74, 6) is -0.123. The average Bonchev–Trinajstić information content (AvgIpc) is 2.65. The second-order valence-electron chi connectivity index (χ2n) is 4.73. The van der Waals surface area contributed by atoms with Gasteiger partial charge in [-0.3, -0.25) is 4.79 Å². The summed E-state index contributed by atoms with van der Waals surface area (Å²) < 4.78 is 6.14. The normalized spacial score (nSPS) is 11.8. The molecule has 1 N–H and O–H groups in total. The topological polar surface area (TPSA) is 64.3 Å². The highest BCUT2D eigenvalue weighted by Crippen LogP contribution is 2.34. The van der Waals surface area contributed by atoms with E-state index in [2.05, 4.69) is 4.98 Å². The highest BCUT2D eigenvalue weighted by Gasteiger charge is 2.30. The van der Waals surface area contributed by atoms with Crippen molar-refractivity contribution in [1.29, 1.82) is 0 Å². The van der Waals surface area contributed by atoms with Gasteiger partial charge in [0, 0.05) is 13.1 Å². The number of fused-ring (bicyclic) bond motifs is 1. The van der Waals surface area contributed by atoms with Gasteiger partial charge < -0.3 is 14.4 Å². The number of rotatable bonds is 4. The quantitative estimate of drug-likeness (QED) is 0.872. The van der Waals surface area contributed by atoms with Gasteiger partial charge in [0.15, 0.2) is 5.16 Å². The van der Waals surface area contributed by atoms with Gasteiger partial charge in [-0.15, -0.1) is 0 Å². The minimum atomic E-state index is -0.917. The van der Waals surface area contributed by atoms with Gasteiger partial charge in [0.1, 0.15) is 10.5 Å². The Kier molecular flexibility index (Phi) is 3.45. The lowest BCUT2D eigenvalue weighted by Gasteiger charge is -2.17. The second-order valence-corrected chi connectivity index (χ2v) is 6.32. The predicted octanol–water partition coefficient (Wildman–Crippen LogP) is 2.54. The smallest absolute Gasteiger partial charge is 0.319 e. The number of ether oxygens (including phenoxy) is 1. The fourth-order valence-corrected chi connectivity index (χ4v) is 2.57. The van der Waals surface area contributed by atoms with E-state index in [9.17, 15) is 9.90 Å². The number of hydrogen-bond acceptors (Lipinski definition) is 4. The molecule has 0 unspecified atom stereocenters. The van der Waals surface area contributed by atoms with Crippen LogP contribution in [0.15, 0.2) is 23.4 Å². The van der Waals surface area contributed by atoms with E-state index in [-0.39, 0.29) is 0 Å². The van der Waals surface area contributed by atoms with Crippen LogP contribution in [0.4, 0.5) is 0 Å². The second kappa shape index (κ2) is 4.77. The van der Waals surface area contributed by atoms with Crippen LogP contribution >= 0.6 is 11.8 Å². The number of aromatic nitrogens is 2. The Morgan fingerprint density at radius 3 is 2.74 bits per heavy atom. The Labute approximate surface area is 115 Å². The van der Waals surface area contributed by atoms with Crippen LogP contribution in [0.3, 0.4) is 0 Å². The lowest BCUT2D eigenvalue weighted by molar-refractivity contribution is -0.138. The van der Waals surface area contributed by atoms with E-state index in [1.165, 1.54) is 11.8 Å². The van der Waals surface area contributed by atoms with Crippen molar-refractivity contribution in [3.63, 3.8) is 0 Å². The lowest BCUT2D eigenvalue weighted by Crippen LogP contribution is -2.27. The van der Waals surface area contributed by atoms with Gasteiger partial charge in [-0.2, -0.15) is 0 Å². The van der Waals surface area contributed by atoms with Crippen molar-refractivity contribution in [2.45, 2.75) is 23.8 Å². The number of carbonyl (C=O) groups is 1. The molecule has 0 aliphatic heterocycles. The first-order valence-electron chi connectivity index (χ1n) is 5.78. The predicted molar refractivity (Wildman–Crippen MR) is 74.8 cm³/mol. The summed E-state index contributed by atoms with van der Waals surface area (Å²) in [6, 6.07) is 5.62. The van der Waals surface area contributed by atoms with Crippen LogP contribution in [0, 0.1) is 0 Å². The first-order chi connectivity index (χ1) is 8.85. The molecule has 0 radical (unpaired) electrons. The van der Waals surface area contributed by atoms with E-state index in [0.717, 1.165) is 16.8 Å². The lowest BCUT2D eigenvalue weighted by atomic mass is 10.2. The summed E-state index contributed by atoms with van der Waals surface area (Å²) in [6.07, 6.45) is 0. The van der Waals surface area contributed by atoms with E-state index < -0.39 is 10.7 Å². The van der Waals surface area contributed by atoms with Crippen molar-refractivity contribution >= 4 is 28.8 Å². The number of carboxylic acid groups (broad SMARTS) is 1. The summed E-state index contributed by atoms with van der Waals surface area (Å²) in [5, 5.41) is 9.85. The average molecular weight is 280 g/mol. The molecular weight excluding hydrogens is 264 g/mol. The molecule has 6 heteroatoms. The highest BCUT2D eigenvalue weighted by molar-refractivity contribution is 8.01.